The molecular weight excluding hydrogens is 358 g/mol. The molecule has 1 amide bonds. The van der Waals surface area contributed by atoms with Crippen molar-refractivity contribution in [3.63, 3.8) is 0 Å². The van der Waals surface area contributed by atoms with Gasteiger partial charge in [0.15, 0.2) is 6.61 Å². The molecule has 1 N–H and O–H groups in total. The lowest BCUT2D eigenvalue weighted by atomic mass is 9.73. The van der Waals surface area contributed by atoms with Gasteiger partial charge in [0.2, 0.25) is 0 Å². The first-order chi connectivity index (χ1) is 13.7. The normalized spacial score (nSPS) is 15.5. The first kappa shape index (κ1) is 20.0. The van der Waals surface area contributed by atoms with Crippen LogP contribution in [0.3, 0.4) is 0 Å². The van der Waals surface area contributed by atoms with Crippen molar-refractivity contribution < 1.29 is 23.7 Å². The van der Waals surface area contributed by atoms with Gasteiger partial charge in [0.05, 0.1) is 14.2 Å². The van der Waals surface area contributed by atoms with Crippen molar-refractivity contribution in [2.45, 2.75) is 18.3 Å². The Morgan fingerprint density at radius 2 is 1.68 bits per heavy atom. The monoisotopic (exact) mass is 385 g/mol. The minimum atomic E-state index is -0.208. The molecule has 6 heteroatoms. The van der Waals surface area contributed by atoms with E-state index in [-0.39, 0.29) is 17.9 Å². The quantitative estimate of drug-likeness (QED) is 0.757. The molecule has 0 aliphatic carbocycles. The van der Waals surface area contributed by atoms with Crippen molar-refractivity contribution in [3.8, 4) is 17.2 Å². The Morgan fingerprint density at radius 1 is 1.00 bits per heavy atom. The van der Waals surface area contributed by atoms with E-state index in [0.29, 0.717) is 25.5 Å². The van der Waals surface area contributed by atoms with Gasteiger partial charge in [0.25, 0.3) is 5.91 Å². The van der Waals surface area contributed by atoms with E-state index in [4.69, 9.17) is 18.9 Å². The predicted octanol–water partition coefficient (Wildman–Crippen LogP) is 2.95. The zero-order valence-corrected chi connectivity index (χ0v) is 16.4. The summed E-state index contributed by atoms with van der Waals surface area (Å²) < 4.78 is 21.8. The number of para-hydroxylation sites is 1. The lowest BCUT2D eigenvalue weighted by Crippen LogP contribution is -2.45. The van der Waals surface area contributed by atoms with Gasteiger partial charge in [-0.25, -0.2) is 0 Å². The topological polar surface area (TPSA) is 66.0 Å². The van der Waals surface area contributed by atoms with Crippen LogP contribution in [0.5, 0.6) is 17.2 Å². The minimum absolute atomic E-state index is 0.0369. The molecule has 1 saturated heterocycles. The molecule has 0 aromatic heterocycles. The van der Waals surface area contributed by atoms with E-state index in [1.165, 1.54) is 0 Å². The molecule has 150 valence electrons. The number of rotatable bonds is 8. The van der Waals surface area contributed by atoms with E-state index < -0.39 is 0 Å². The number of carbonyl (C=O) groups excluding carboxylic acids is 1. The Kier molecular flexibility index (Phi) is 6.76. The van der Waals surface area contributed by atoms with Crippen LogP contribution in [0.4, 0.5) is 0 Å². The van der Waals surface area contributed by atoms with Gasteiger partial charge in [-0.1, -0.05) is 18.2 Å². The van der Waals surface area contributed by atoms with Crippen molar-refractivity contribution in [1.82, 2.24) is 5.32 Å². The molecule has 1 fully saturated rings. The van der Waals surface area contributed by atoms with E-state index >= 15 is 0 Å². The Morgan fingerprint density at radius 3 is 2.36 bits per heavy atom. The van der Waals surface area contributed by atoms with Crippen LogP contribution >= 0.6 is 0 Å². The van der Waals surface area contributed by atoms with E-state index in [0.717, 1.165) is 29.9 Å². The third-order valence-corrected chi connectivity index (χ3v) is 5.18. The van der Waals surface area contributed by atoms with Gasteiger partial charge in [0.1, 0.15) is 17.2 Å². The second-order valence-electron chi connectivity index (χ2n) is 6.83. The highest BCUT2D eigenvalue weighted by Crippen LogP contribution is 2.39. The Bertz CT molecular complexity index is 769. The first-order valence-electron chi connectivity index (χ1n) is 9.42. The number of carbonyl (C=O) groups is 1. The van der Waals surface area contributed by atoms with Crippen molar-refractivity contribution in [1.29, 1.82) is 0 Å². The molecule has 1 heterocycles. The number of nitrogens with one attached hydrogen (secondary N) is 1. The predicted molar refractivity (Wildman–Crippen MR) is 106 cm³/mol. The van der Waals surface area contributed by atoms with Gasteiger partial charge in [-0.3, -0.25) is 4.79 Å². The number of amides is 1. The van der Waals surface area contributed by atoms with Crippen molar-refractivity contribution in [2.24, 2.45) is 0 Å². The van der Waals surface area contributed by atoms with Gasteiger partial charge in [-0.15, -0.1) is 0 Å². The summed E-state index contributed by atoms with van der Waals surface area (Å²) in [6.45, 7) is 1.80. The molecule has 0 spiro atoms. The summed E-state index contributed by atoms with van der Waals surface area (Å²) in [7, 11) is 3.28. The average molecular weight is 385 g/mol. The summed E-state index contributed by atoms with van der Waals surface area (Å²) in [5.41, 5.74) is 0.901. The Hall–Kier alpha value is -2.73. The average Bonchev–Trinajstić information content (AvgIpc) is 2.77. The summed E-state index contributed by atoms with van der Waals surface area (Å²) in [6, 6.07) is 15.1. The highest BCUT2D eigenvalue weighted by molar-refractivity contribution is 5.77. The van der Waals surface area contributed by atoms with Gasteiger partial charge in [-0.05, 0) is 43.2 Å². The molecule has 6 nitrogen and oxygen atoms in total. The smallest absolute Gasteiger partial charge is 0.257 e. The molecule has 2 aromatic carbocycles. The van der Waals surface area contributed by atoms with Crippen LogP contribution in [0.1, 0.15) is 18.4 Å². The van der Waals surface area contributed by atoms with E-state index in [1.54, 1.807) is 38.5 Å². The third kappa shape index (κ3) is 4.75. The Balaban J connectivity index is 1.62. The summed E-state index contributed by atoms with van der Waals surface area (Å²) in [4.78, 5) is 12.4. The molecule has 1 aliphatic heterocycles. The van der Waals surface area contributed by atoms with Crippen LogP contribution < -0.4 is 19.5 Å². The summed E-state index contributed by atoms with van der Waals surface area (Å²) in [6.07, 6.45) is 1.65. The van der Waals surface area contributed by atoms with Gasteiger partial charge in [0, 0.05) is 30.7 Å². The van der Waals surface area contributed by atoms with Crippen molar-refractivity contribution in [3.05, 3.63) is 54.1 Å². The SMILES string of the molecule is COc1ccc(OCC(=O)NCC2(c3ccccc3OC)CCOCC2)cc1. The van der Waals surface area contributed by atoms with Gasteiger partial charge >= 0.3 is 0 Å². The summed E-state index contributed by atoms with van der Waals surface area (Å²) in [5, 5.41) is 3.04. The zero-order valence-electron chi connectivity index (χ0n) is 16.4. The second-order valence-corrected chi connectivity index (χ2v) is 6.83. The first-order valence-corrected chi connectivity index (χ1v) is 9.42. The van der Waals surface area contributed by atoms with Crippen LogP contribution in [0.15, 0.2) is 48.5 Å². The maximum Gasteiger partial charge on any atom is 0.257 e. The van der Waals surface area contributed by atoms with Gasteiger partial charge < -0.3 is 24.3 Å². The van der Waals surface area contributed by atoms with Crippen LogP contribution in [0.2, 0.25) is 0 Å². The standard InChI is InChI=1S/C22H27NO5/c1-25-17-7-9-18(10-8-17)28-15-21(24)23-16-22(11-13-27-14-12-22)19-5-3-4-6-20(19)26-2/h3-10H,11-16H2,1-2H3,(H,23,24). The highest BCUT2D eigenvalue weighted by atomic mass is 16.5. The molecule has 1 aliphatic rings. The lowest BCUT2D eigenvalue weighted by molar-refractivity contribution is -0.123. The molecule has 2 aromatic rings. The molecule has 0 unspecified atom stereocenters. The third-order valence-electron chi connectivity index (χ3n) is 5.18. The van der Waals surface area contributed by atoms with Crippen LogP contribution in [-0.2, 0) is 14.9 Å². The summed E-state index contributed by atoms with van der Waals surface area (Å²) >= 11 is 0. The molecule has 0 radical (unpaired) electrons. The van der Waals surface area contributed by atoms with Crippen LogP contribution in [0, 0.1) is 0 Å². The van der Waals surface area contributed by atoms with Crippen molar-refractivity contribution >= 4 is 5.91 Å². The molecule has 0 bridgehead atoms. The van der Waals surface area contributed by atoms with Crippen LogP contribution in [0.25, 0.3) is 0 Å². The minimum Gasteiger partial charge on any atom is -0.497 e. The maximum absolute atomic E-state index is 12.4. The number of ether oxygens (including phenoxy) is 4. The highest BCUT2D eigenvalue weighted by Gasteiger charge is 2.37. The molecule has 3 rings (SSSR count). The second kappa shape index (κ2) is 9.46. The van der Waals surface area contributed by atoms with E-state index in [2.05, 4.69) is 11.4 Å². The summed E-state index contributed by atoms with van der Waals surface area (Å²) in [5.74, 6) is 2.06. The fourth-order valence-electron chi connectivity index (χ4n) is 3.53. The van der Waals surface area contributed by atoms with E-state index in [1.807, 2.05) is 18.2 Å². The Labute approximate surface area is 165 Å². The number of hydrogen-bond acceptors (Lipinski definition) is 5. The lowest BCUT2D eigenvalue weighted by Gasteiger charge is -2.38. The molecule has 0 saturated carbocycles. The maximum atomic E-state index is 12.4. The number of benzene rings is 2. The van der Waals surface area contributed by atoms with Gasteiger partial charge in [-0.2, -0.15) is 0 Å². The fourth-order valence-corrected chi connectivity index (χ4v) is 3.53. The fraction of sp³-hybridized carbons (Fsp3) is 0.409. The number of hydrogen-bond donors (Lipinski definition) is 1. The van der Waals surface area contributed by atoms with E-state index in [9.17, 15) is 4.79 Å². The van der Waals surface area contributed by atoms with Crippen LogP contribution in [-0.4, -0.2) is 46.5 Å². The van der Waals surface area contributed by atoms with Crippen molar-refractivity contribution in [2.75, 3.05) is 40.6 Å². The molecular formula is C22H27NO5. The zero-order chi connectivity index (χ0) is 19.8. The number of methoxy groups -OCH3 is 2. The molecule has 28 heavy (non-hydrogen) atoms. The largest absolute Gasteiger partial charge is 0.497 e. The molecule has 0 atom stereocenters.